The Morgan fingerprint density at radius 3 is 2.48 bits per heavy atom. The molecule has 1 aromatic carbocycles. The van der Waals surface area contributed by atoms with Crippen molar-refractivity contribution >= 4 is 21.6 Å². The molecule has 0 radical (unpaired) electrons. The van der Waals surface area contributed by atoms with Crippen molar-refractivity contribution in [1.82, 2.24) is 4.31 Å². The number of carbonyl (C=O) groups is 1. The molecule has 0 aliphatic heterocycles. The Bertz CT molecular complexity index is 695. The van der Waals surface area contributed by atoms with E-state index in [0.717, 1.165) is 0 Å². The second-order valence-corrected chi connectivity index (χ2v) is 7.73. The maximum absolute atomic E-state index is 12.7. The van der Waals surface area contributed by atoms with Crippen LogP contribution in [0.1, 0.15) is 40.5 Å². The average Bonchev–Trinajstić information content (AvgIpc) is 2.54. The Morgan fingerprint density at radius 2 is 1.96 bits per heavy atom. The summed E-state index contributed by atoms with van der Waals surface area (Å²) in [6, 6.07) is 4.54. The highest BCUT2D eigenvalue weighted by Gasteiger charge is 2.23. The zero-order valence-electron chi connectivity index (χ0n) is 15.4. The van der Waals surface area contributed by atoms with E-state index in [1.807, 2.05) is 13.8 Å². The molecule has 140 valence electrons. The lowest BCUT2D eigenvalue weighted by Crippen LogP contribution is -2.30. The maximum Gasteiger partial charge on any atom is 0.243 e. The third kappa shape index (κ3) is 5.86. The molecular weight excluding hydrogens is 340 g/mol. The summed E-state index contributed by atoms with van der Waals surface area (Å²) in [4.78, 5) is 12.2. The molecule has 1 N–H and O–H groups in total. The van der Waals surface area contributed by atoms with Gasteiger partial charge < -0.3 is 10.1 Å². The van der Waals surface area contributed by atoms with E-state index in [0.29, 0.717) is 30.9 Å². The molecule has 0 fully saturated rings. The van der Waals surface area contributed by atoms with Gasteiger partial charge in [-0.3, -0.25) is 4.79 Å². The number of carbonyl (C=O) groups excluding carboxylic acids is 1. The van der Waals surface area contributed by atoms with Gasteiger partial charge in [-0.2, -0.15) is 4.31 Å². The number of rotatable bonds is 10. The quantitative estimate of drug-likeness (QED) is 0.642. The van der Waals surface area contributed by atoms with Gasteiger partial charge in [-0.25, -0.2) is 8.42 Å². The van der Waals surface area contributed by atoms with Crippen LogP contribution in [0.3, 0.4) is 0 Å². The first-order chi connectivity index (χ1) is 11.8. The predicted molar refractivity (Wildman–Crippen MR) is 100 cm³/mol. The van der Waals surface area contributed by atoms with Crippen LogP contribution >= 0.6 is 0 Å². The van der Waals surface area contributed by atoms with Crippen molar-refractivity contribution in [2.24, 2.45) is 0 Å². The van der Waals surface area contributed by atoms with Crippen molar-refractivity contribution in [3.8, 4) is 5.75 Å². The third-order valence-electron chi connectivity index (χ3n) is 3.51. The zero-order valence-corrected chi connectivity index (χ0v) is 16.2. The minimum absolute atomic E-state index is 0.103. The van der Waals surface area contributed by atoms with E-state index in [1.165, 1.54) is 16.4 Å². The van der Waals surface area contributed by atoms with E-state index in [4.69, 9.17) is 4.74 Å². The molecule has 0 unspecified atom stereocenters. The van der Waals surface area contributed by atoms with Crippen LogP contribution in [0.25, 0.3) is 0 Å². The van der Waals surface area contributed by atoms with Crippen LogP contribution in [0.4, 0.5) is 5.69 Å². The number of nitrogens with zero attached hydrogens (tertiary/aromatic N) is 1. The van der Waals surface area contributed by atoms with Gasteiger partial charge >= 0.3 is 0 Å². The maximum atomic E-state index is 12.7. The molecule has 1 amide bonds. The number of amides is 1. The van der Waals surface area contributed by atoms with Crippen LogP contribution in [0.2, 0.25) is 0 Å². The Kier molecular flexibility index (Phi) is 8.12. The van der Waals surface area contributed by atoms with E-state index in [9.17, 15) is 13.2 Å². The molecule has 1 aromatic rings. The van der Waals surface area contributed by atoms with Crippen LogP contribution in [-0.4, -0.2) is 37.8 Å². The van der Waals surface area contributed by atoms with E-state index in [-0.39, 0.29) is 23.3 Å². The lowest BCUT2D eigenvalue weighted by molar-refractivity contribution is -0.116. The van der Waals surface area contributed by atoms with Crippen LogP contribution in [0, 0.1) is 0 Å². The van der Waals surface area contributed by atoms with Crippen molar-refractivity contribution in [2.45, 2.75) is 51.5 Å². The highest BCUT2D eigenvalue weighted by atomic mass is 32.2. The summed E-state index contributed by atoms with van der Waals surface area (Å²) < 4.78 is 32.5. The Hall–Kier alpha value is -1.86. The van der Waals surface area contributed by atoms with Gasteiger partial charge in [0.25, 0.3) is 0 Å². The first-order valence-corrected chi connectivity index (χ1v) is 9.91. The molecule has 0 heterocycles. The standard InChI is InChI=1S/C18H28N2O4S/c1-6-9-10-18(21)19-16-13-15(11-12-17(16)24-14(4)5)25(22,23)20(7-2)8-3/h6,11-14H,1,7-10H2,2-5H3,(H,19,21). The minimum Gasteiger partial charge on any atom is -0.489 e. The van der Waals surface area contributed by atoms with Crippen molar-refractivity contribution in [1.29, 1.82) is 0 Å². The molecule has 0 bridgehead atoms. The molecule has 1 rings (SSSR count). The molecular formula is C18H28N2O4S. The first kappa shape index (κ1) is 21.2. The van der Waals surface area contributed by atoms with Gasteiger partial charge in [0, 0.05) is 19.5 Å². The Labute approximate surface area is 150 Å². The van der Waals surface area contributed by atoms with E-state index in [1.54, 1.807) is 26.0 Å². The zero-order chi connectivity index (χ0) is 19.0. The molecule has 0 saturated heterocycles. The lowest BCUT2D eigenvalue weighted by atomic mass is 10.2. The summed E-state index contributed by atoms with van der Waals surface area (Å²) in [6.45, 7) is 11.7. The number of anilines is 1. The average molecular weight is 368 g/mol. The summed E-state index contributed by atoms with van der Waals surface area (Å²) >= 11 is 0. The fraction of sp³-hybridized carbons (Fsp3) is 0.500. The number of ether oxygens (including phenoxy) is 1. The highest BCUT2D eigenvalue weighted by Crippen LogP contribution is 2.30. The van der Waals surface area contributed by atoms with Gasteiger partial charge in [0.1, 0.15) is 5.75 Å². The Balaban J connectivity index is 3.25. The SMILES string of the molecule is C=CCCC(=O)Nc1cc(S(=O)(=O)N(CC)CC)ccc1OC(C)C. The fourth-order valence-corrected chi connectivity index (χ4v) is 3.77. The number of allylic oxidation sites excluding steroid dienone is 1. The predicted octanol–water partition coefficient (Wildman–Crippen LogP) is 3.41. The second-order valence-electron chi connectivity index (χ2n) is 5.79. The van der Waals surface area contributed by atoms with Crippen molar-refractivity contribution in [3.05, 3.63) is 30.9 Å². The minimum atomic E-state index is -3.61. The fourth-order valence-electron chi connectivity index (χ4n) is 2.28. The summed E-state index contributed by atoms with van der Waals surface area (Å²) in [5.74, 6) is 0.228. The molecule has 0 spiro atoms. The number of hydrogen-bond donors (Lipinski definition) is 1. The highest BCUT2D eigenvalue weighted by molar-refractivity contribution is 7.89. The summed E-state index contributed by atoms with van der Waals surface area (Å²) in [5, 5.41) is 2.74. The van der Waals surface area contributed by atoms with Gasteiger partial charge in [0.2, 0.25) is 15.9 Å². The van der Waals surface area contributed by atoms with Crippen LogP contribution < -0.4 is 10.1 Å². The third-order valence-corrected chi connectivity index (χ3v) is 5.55. The normalized spacial score (nSPS) is 11.6. The van der Waals surface area contributed by atoms with E-state index < -0.39 is 10.0 Å². The van der Waals surface area contributed by atoms with Crippen LogP contribution in [0.5, 0.6) is 5.75 Å². The lowest BCUT2D eigenvalue weighted by Gasteiger charge is -2.20. The van der Waals surface area contributed by atoms with Gasteiger partial charge in [0.05, 0.1) is 16.7 Å². The van der Waals surface area contributed by atoms with E-state index in [2.05, 4.69) is 11.9 Å². The summed E-state index contributed by atoms with van der Waals surface area (Å²) in [6.07, 6.45) is 2.38. The van der Waals surface area contributed by atoms with Gasteiger partial charge in [-0.05, 0) is 38.5 Å². The van der Waals surface area contributed by atoms with E-state index >= 15 is 0 Å². The number of hydrogen-bond acceptors (Lipinski definition) is 4. The van der Waals surface area contributed by atoms with Crippen molar-refractivity contribution in [3.63, 3.8) is 0 Å². The first-order valence-electron chi connectivity index (χ1n) is 8.47. The number of benzene rings is 1. The number of nitrogens with one attached hydrogen (secondary N) is 1. The molecule has 6 nitrogen and oxygen atoms in total. The molecule has 0 aromatic heterocycles. The summed E-state index contributed by atoms with van der Waals surface area (Å²) in [7, 11) is -3.61. The molecule has 0 saturated carbocycles. The molecule has 7 heteroatoms. The monoisotopic (exact) mass is 368 g/mol. The smallest absolute Gasteiger partial charge is 0.243 e. The van der Waals surface area contributed by atoms with Crippen molar-refractivity contribution < 1.29 is 17.9 Å². The molecule has 25 heavy (non-hydrogen) atoms. The Morgan fingerprint density at radius 1 is 1.32 bits per heavy atom. The van der Waals surface area contributed by atoms with Gasteiger partial charge in [-0.1, -0.05) is 19.9 Å². The molecule has 0 atom stereocenters. The van der Waals surface area contributed by atoms with Crippen LogP contribution in [-0.2, 0) is 14.8 Å². The summed E-state index contributed by atoms with van der Waals surface area (Å²) in [5.41, 5.74) is 0.357. The largest absolute Gasteiger partial charge is 0.489 e. The molecule has 0 aliphatic carbocycles. The number of sulfonamides is 1. The molecule has 0 aliphatic rings. The van der Waals surface area contributed by atoms with Gasteiger partial charge in [-0.15, -0.1) is 6.58 Å². The van der Waals surface area contributed by atoms with Crippen molar-refractivity contribution in [2.75, 3.05) is 18.4 Å². The topological polar surface area (TPSA) is 75.7 Å². The van der Waals surface area contributed by atoms with Gasteiger partial charge in [0.15, 0.2) is 0 Å². The second kappa shape index (κ2) is 9.58. The van der Waals surface area contributed by atoms with Crippen LogP contribution in [0.15, 0.2) is 35.7 Å².